The van der Waals surface area contributed by atoms with Gasteiger partial charge in [-0.2, -0.15) is 0 Å². The van der Waals surface area contributed by atoms with Crippen molar-refractivity contribution in [1.82, 2.24) is 4.90 Å². The molecule has 5 heteroatoms. The molecule has 0 saturated carbocycles. The van der Waals surface area contributed by atoms with Crippen LogP contribution < -0.4 is 5.73 Å². The molecule has 0 aromatic rings. The number of methoxy groups -OCH3 is 1. The Morgan fingerprint density at radius 2 is 2.36 bits per heavy atom. The lowest BCUT2D eigenvalue weighted by Crippen LogP contribution is -2.42. The van der Waals surface area contributed by atoms with E-state index in [1.165, 1.54) is 0 Å². The van der Waals surface area contributed by atoms with Crippen molar-refractivity contribution < 1.29 is 9.94 Å². The van der Waals surface area contributed by atoms with Crippen molar-refractivity contribution in [2.45, 2.75) is 13.0 Å². The highest BCUT2D eigenvalue weighted by Gasteiger charge is 2.10. The summed E-state index contributed by atoms with van der Waals surface area (Å²) in [7, 11) is 3.34. The molecule has 1 atom stereocenters. The fourth-order valence-corrected chi connectivity index (χ4v) is 0.649. The van der Waals surface area contributed by atoms with Gasteiger partial charge >= 0.3 is 0 Å². The van der Waals surface area contributed by atoms with Crippen LogP contribution in [-0.4, -0.2) is 42.9 Å². The van der Waals surface area contributed by atoms with Gasteiger partial charge in [0.1, 0.15) is 0 Å². The summed E-state index contributed by atoms with van der Waals surface area (Å²) in [5.74, 6) is 0.0922. The average Bonchev–Trinajstić information content (AvgIpc) is 2.02. The van der Waals surface area contributed by atoms with E-state index in [0.717, 1.165) is 0 Å². The maximum Gasteiger partial charge on any atom is 0.233 e. The fourth-order valence-electron chi connectivity index (χ4n) is 0.649. The molecule has 5 nitrogen and oxygen atoms in total. The normalized spacial score (nSPS) is 14.6. The number of guanidine groups is 1. The molecule has 0 bridgehead atoms. The fraction of sp³-hybridized carbons (Fsp3) is 0.833. The molecule has 0 radical (unpaired) electrons. The predicted molar refractivity (Wildman–Crippen MR) is 42.5 cm³/mol. The predicted octanol–water partition coefficient (Wildman–Crippen LogP) is -0.343. The van der Waals surface area contributed by atoms with Crippen LogP contribution in [0.4, 0.5) is 0 Å². The second kappa shape index (κ2) is 4.79. The second-order valence-corrected chi connectivity index (χ2v) is 2.37. The van der Waals surface area contributed by atoms with E-state index in [2.05, 4.69) is 5.16 Å². The Morgan fingerprint density at radius 1 is 1.82 bits per heavy atom. The van der Waals surface area contributed by atoms with Crippen LogP contribution in [0.3, 0.4) is 0 Å². The summed E-state index contributed by atoms with van der Waals surface area (Å²) < 4.78 is 4.89. The molecule has 66 valence electrons. The first-order valence-corrected chi connectivity index (χ1v) is 3.32. The molecule has 0 amide bonds. The lowest BCUT2D eigenvalue weighted by molar-refractivity contribution is 0.143. The summed E-state index contributed by atoms with van der Waals surface area (Å²) >= 11 is 0. The van der Waals surface area contributed by atoms with E-state index in [1.54, 1.807) is 19.1 Å². The third-order valence-corrected chi connectivity index (χ3v) is 1.53. The molecule has 0 fully saturated rings. The van der Waals surface area contributed by atoms with E-state index in [-0.39, 0.29) is 12.0 Å². The van der Waals surface area contributed by atoms with Crippen molar-refractivity contribution in [2.24, 2.45) is 10.9 Å². The summed E-state index contributed by atoms with van der Waals surface area (Å²) in [6.45, 7) is 2.47. The van der Waals surface area contributed by atoms with Gasteiger partial charge in [0, 0.05) is 14.2 Å². The summed E-state index contributed by atoms with van der Waals surface area (Å²) in [4.78, 5) is 1.63. The Hall–Kier alpha value is -0.970. The first kappa shape index (κ1) is 10.0. The van der Waals surface area contributed by atoms with Gasteiger partial charge in [0.05, 0.1) is 12.6 Å². The lowest BCUT2D eigenvalue weighted by atomic mass is 10.3. The minimum absolute atomic E-state index is 0.0922. The van der Waals surface area contributed by atoms with Gasteiger partial charge in [-0.25, -0.2) is 0 Å². The minimum Gasteiger partial charge on any atom is -0.408 e. The van der Waals surface area contributed by atoms with Gasteiger partial charge < -0.3 is 20.6 Å². The summed E-state index contributed by atoms with van der Waals surface area (Å²) in [5.41, 5.74) is 5.32. The zero-order chi connectivity index (χ0) is 8.85. The Morgan fingerprint density at radius 3 is 2.73 bits per heavy atom. The van der Waals surface area contributed by atoms with E-state index in [9.17, 15) is 0 Å². The smallest absolute Gasteiger partial charge is 0.233 e. The number of hydrogen-bond acceptors (Lipinski definition) is 3. The van der Waals surface area contributed by atoms with Gasteiger partial charge in [-0.3, -0.25) is 0 Å². The molecular weight excluding hydrogens is 146 g/mol. The monoisotopic (exact) mass is 161 g/mol. The third-order valence-electron chi connectivity index (χ3n) is 1.53. The van der Waals surface area contributed by atoms with Crippen molar-refractivity contribution >= 4 is 5.96 Å². The SMILES string of the molecule is COCC(C)N(C)C(N)=NO. The first-order valence-electron chi connectivity index (χ1n) is 3.32. The van der Waals surface area contributed by atoms with E-state index < -0.39 is 0 Å². The molecule has 0 aliphatic heterocycles. The number of oxime groups is 1. The number of rotatable bonds is 3. The molecule has 0 aromatic carbocycles. The van der Waals surface area contributed by atoms with Crippen LogP contribution in [0.15, 0.2) is 5.16 Å². The first-order chi connectivity index (χ1) is 5.13. The van der Waals surface area contributed by atoms with Crippen LogP contribution in [0, 0.1) is 0 Å². The number of nitrogens with zero attached hydrogens (tertiary/aromatic N) is 2. The molecule has 1 unspecified atom stereocenters. The van der Waals surface area contributed by atoms with E-state index in [1.807, 2.05) is 6.92 Å². The van der Waals surface area contributed by atoms with Gasteiger partial charge in [0.15, 0.2) is 0 Å². The number of likely N-dealkylation sites (N-methyl/N-ethyl adjacent to an activating group) is 1. The molecule has 0 aliphatic carbocycles. The molecule has 0 heterocycles. The Bertz CT molecular complexity index is 138. The Labute approximate surface area is 66.4 Å². The van der Waals surface area contributed by atoms with E-state index >= 15 is 0 Å². The molecule has 0 aromatic heterocycles. The Kier molecular flexibility index (Phi) is 4.36. The standard InChI is InChI=1S/C6H15N3O2/c1-5(4-11-3)9(2)6(7)8-10/h5,10H,4H2,1-3H3,(H2,7,8). The molecule has 11 heavy (non-hydrogen) atoms. The van der Waals surface area contributed by atoms with Crippen LogP contribution in [0.25, 0.3) is 0 Å². The van der Waals surface area contributed by atoms with Crippen molar-refractivity contribution in [3.63, 3.8) is 0 Å². The van der Waals surface area contributed by atoms with Crippen molar-refractivity contribution in [3.05, 3.63) is 0 Å². The van der Waals surface area contributed by atoms with Gasteiger partial charge in [0.2, 0.25) is 5.96 Å². The minimum atomic E-state index is 0.0922. The zero-order valence-electron chi connectivity index (χ0n) is 7.11. The van der Waals surface area contributed by atoms with Crippen LogP contribution in [0.2, 0.25) is 0 Å². The largest absolute Gasteiger partial charge is 0.408 e. The van der Waals surface area contributed by atoms with Crippen LogP contribution >= 0.6 is 0 Å². The van der Waals surface area contributed by atoms with Crippen molar-refractivity contribution in [1.29, 1.82) is 0 Å². The molecule has 3 N–H and O–H groups in total. The number of hydrogen-bond donors (Lipinski definition) is 2. The topological polar surface area (TPSA) is 71.1 Å². The van der Waals surface area contributed by atoms with E-state index in [4.69, 9.17) is 15.7 Å². The maximum absolute atomic E-state index is 8.30. The summed E-state index contributed by atoms with van der Waals surface area (Å²) in [6, 6.07) is 0.107. The average molecular weight is 161 g/mol. The zero-order valence-corrected chi connectivity index (χ0v) is 7.11. The third kappa shape index (κ3) is 3.08. The number of nitrogens with two attached hydrogens (primary N) is 1. The van der Waals surface area contributed by atoms with Crippen molar-refractivity contribution in [3.8, 4) is 0 Å². The van der Waals surface area contributed by atoms with Gasteiger partial charge in [0.25, 0.3) is 0 Å². The van der Waals surface area contributed by atoms with Gasteiger partial charge in [-0.1, -0.05) is 5.16 Å². The molecule has 0 rings (SSSR count). The highest BCUT2D eigenvalue weighted by atomic mass is 16.5. The lowest BCUT2D eigenvalue weighted by Gasteiger charge is -2.23. The molecule has 0 aliphatic rings. The maximum atomic E-state index is 8.30. The number of ether oxygens (including phenoxy) is 1. The molecular formula is C6H15N3O2. The highest BCUT2D eigenvalue weighted by Crippen LogP contribution is 1.94. The summed E-state index contributed by atoms with van der Waals surface area (Å²) in [6.07, 6.45) is 0. The Balaban J connectivity index is 3.91. The highest BCUT2D eigenvalue weighted by molar-refractivity contribution is 5.77. The molecule has 0 saturated heterocycles. The van der Waals surface area contributed by atoms with Crippen LogP contribution in [-0.2, 0) is 4.74 Å². The summed E-state index contributed by atoms with van der Waals surface area (Å²) in [5, 5.41) is 11.2. The van der Waals surface area contributed by atoms with Gasteiger partial charge in [-0.15, -0.1) is 0 Å². The quantitative estimate of drug-likeness (QED) is 0.257. The van der Waals surface area contributed by atoms with Crippen LogP contribution in [0.1, 0.15) is 6.92 Å². The van der Waals surface area contributed by atoms with Gasteiger partial charge in [-0.05, 0) is 6.92 Å². The second-order valence-electron chi connectivity index (χ2n) is 2.37. The van der Waals surface area contributed by atoms with Crippen molar-refractivity contribution in [2.75, 3.05) is 20.8 Å². The molecule has 0 spiro atoms. The van der Waals surface area contributed by atoms with E-state index in [0.29, 0.717) is 6.61 Å². The van der Waals surface area contributed by atoms with Crippen LogP contribution in [0.5, 0.6) is 0 Å².